The lowest BCUT2D eigenvalue weighted by Gasteiger charge is -2.11. The second kappa shape index (κ2) is 9.14. The van der Waals surface area contributed by atoms with Crippen LogP contribution in [0.25, 0.3) is 22.2 Å². The Morgan fingerprint density at radius 2 is 1.61 bits per heavy atom. The van der Waals surface area contributed by atoms with Crippen LogP contribution in [-0.4, -0.2) is 40.9 Å². The predicted molar refractivity (Wildman–Crippen MR) is 147 cm³/mol. The number of hydrogen-bond acceptors (Lipinski definition) is 6. The van der Waals surface area contributed by atoms with Crippen molar-refractivity contribution in [2.24, 2.45) is 5.10 Å². The molecule has 3 aromatic carbocycles. The number of nitrogens with one attached hydrogen (secondary N) is 1. The predicted octanol–water partition coefficient (Wildman–Crippen LogP) is 4.98. The fourth-order valence-corrected chi connectivity index (χ4v) is 4.21. The van der Waals surface area contributed by atoms with Gasteiger partial charge in [-0.1, -0.05) is 30.3 Å². The normalized spacial score (nSPS) is 11.4. The molecule has 5 rings (SSSR count). The number of aromatic nitrogens is 3. The zero-order valence-corrected chi connectivity index (χ0v) is 20.6. The maximum Gasteiger partial charge on any atom is 0.261 e. The molecule has 0 bridgehead atoms. The third-order valence-corrected chi connectivity index (χ3v) is 5.91. The topological polar surface area (TPSA) is 101 Å². The monoisotopic (exact) mass is 477 g/mol. The van der Waals surface area contributed by atoms with E-state index in [1.165, 1.54) is 4.68 Å². The number of anilines is 3. The van der Waals surface area contributed by atoms with Crippen molar-refractivity contribution >= 4 is 51.5 Å². The molecular formula is C28H27N7O. The largest absolute Gasteiger partial charge is 0.383 e. The number of nitrogens with zero attached hydrogens (tertiary/aromatic N) is 5. The highest BCUT2D eigenvalue weighted by molar-refractivity contribution is 6.16. The fraction of sp³-hybridized carbons (Fsp3) is 0.143. The minimum absolute atomic E-state index is 0.170. The summed E-state index contributed by atoms with van der Waals surface area (Å²) in [6, 6.07) is 21.3. The molecule has 0 aliphatic heterocycles. The van der Waals surface area contributed by atoms with Crippen molar-refractivity contribution in [1.82, 2.24) is 14.6 Å². The number of amides is 1. The fourth-order valence-electron chi connectivity index (χ4n) is 4.21. The molecule has 0 saturated heterocycles. The van der Waals surface area contributed by atoms with E-state index in [1.54, 1.807) is 6.21 Å². The first-order valence-corrected chi connectivity index (χ1v) is 11.6. The van der Waals surface area contributed by atoms with Gasteiger partial charge in [-0.3, -0.25) is 4.79 Å². The zero-order chi connectivity index (χ0) is 25.4. The standard InChI is InChI=1S/C28H27N7O/c1-17-13-18(2)15-20(14-17)31-28(36)24-25-27(33-23-8-6-5-7-22(23)32-25)35(26(24)29)30-16-19-9-11-21(12-10-19)34(3)4/h5-16H,29H2,1-4H3,(H,31,36)/b30-16-. The first-order chi connectivity index (χ1) is 17.3. The summed E-state index contributed by atoms with van der Waals surface area (Å²) >= 11 is 0. The molecule has 2 heterocycles. The average Bonchev–Trinajstić information content (AvgIpc) is 3.10. The van der Waals surface area contributed by atoms with Crippen molar-refractivity contribution in [3.8, 4) is 0 Å². The lowest BCUT2D eigenvalue weighted by atomic mass is 10.1. The Morgan fingerprint density at radius 3 is 2.25 bits per heavy atom. The zero-order valence-electron chi connectivity index (χ0n) is 20.6. The van der Waals surface area contributed by atoms with Crippen LogP contribution in [0.3, 0.4) is 0 Å². The van der Waals surface area contributed by atoms with E-state index in [0.29, 0.717) is 27.9 Å². The quantitative estimate of drug-likeness (QED) is 0.348. The van der Waals surface area contributed by atoms with Crippen molar-refractivity contribution in [2.45, 2.75) is 13.8 Å². The van der Waals surface area contributed by atoms with Crippen LogP contribution in [0.15, 0.2) is 71.8 Å². The molecule has 0 spiro atoms. The van der Waals surface area contributed by atoms with Gasteiger partial charge in [-0.15, -0.1) is 0 Å². The molecule has 0 saturated carbocycles. The van der Waals surface area contributed by atoms with Crippen molar-refractivity contribution in [2.75, 3.05) is 30.0 Å². The average molecular weight is 478 g/mol. The number of nitrogen functional groups attached to an aromatic ring is 1. The minimum Gasteiger partial charge on any atom is -0.383 e. The van der Waals surface area contributed by atoms with Gasteiger partial charge in [-0.25, -0.2) is 9.97 Å². The molecule has 180 valence electrons. The van der Waals surface area contributed by atoms with Crippen molar-refractivity contribution in [3.05, 3.63) is 89.0 Å². The summed E-state index contributed by atoms with van der Waals surface area (Å²) in [5.74, 6) is -0.195. The molecule has 0 aliphatic rings. The van der Waals surface area contributed by atoms with Crippen LogP contribution in [0.4, 0.5) is 17.2 Å². The molecule has 0 atom stereocenters. The van der Waals surface area contributed by atoms with Crippen molar-refractivity contribution < 1.29 is 4.79 Å². The van der Waals surface area contributed by atoms with Crippen molar-refractivity contribution in [3.63, 3.8) is 0 Å². The summed E-state index contributed by atoms with van der Waals surface area (Å²) in [5, 5.41) is 7.56. The van der Waals surface area contributed by atoms with E-state index in [4.69, 9.17) is 15.7 Å². The van der Waals surface area contributed by atoms with Crippen LogP contribution in [0.5, 0.6) is 0 Å². The lowest BCUT2D eigenvalue weighted by Crippen LogP contribution is -2.14. The van der Waals surface area contributed by atoms with Crippen LogP contribution in [0.2, 0.25) is 0 Å². The minimum atomic E-state index is -0.364. The van der Waals surface area contributed by atoms with Crippen molar-refractivity contribution in [1.29, 1.82) is 0 Å². The van der Waals surface area contributed by atoms with Crippen LogP contribution < -0.4 is 16.0 Å². The highest BCUT2D eigenvalue weighted by atomic mass is 16.1. The molecule has 0 unspecified atom stereocenters. The maximum absolute atomic E-state index is 13.5. The Balaban J connectivity index is 1.62. The maximum atomic E-state index is 13.5. The van der Waals surface area contributed by atoms with Crippen LogP contribution in [0, 0.1) is 13.8 Å². The first kappa shape index (κ1) is 23.0. The second-order valence-corrected chi connectivity index (χ2v) is 9.02. The number of aryl methyl sites for hydroxylation is 2. The highest BCUT2D eigenvalue weighted by Crippen LogP contribution is 2.29. The Morgan fingerprint density at radius 1 is 0.972 bits per heavy atom. The highest BCUT2D eigenvalue weighted by Gasteiger charge is 2.24. The van der Waals surface area contributed by atoms with Crippen LogP contribution in [0.1, 0.15) is 27.0 Å². The summed E-state index contributed by atoms with van der Waals surface area (Å²) in [7, 11) is 3.98. The van der Waals surface area contributed by atoms with E-state index >= 15 is 0 Å². The summed E-state index contributed by atoms with van der Waals surface area (Å²) in [5.41, 5.74) is 13.7. The van der Waals surface area contributed by atoms with E-state index in [9.17, 15) is 4.79 Å². The number of benzene rings is 3. The summed E-state index contributed by atoms with van der Waals surface area (Å²) < 4.78 is 1.48. The first-order valence-electron chi connectivity index (χ1n) is 11.6. The van der Waals surface area contributed by atoms with E-state index in [2.05, 4.69) is 10.4 Å². The Kier molecular flexibility index (Phi) is 5.85. The Bertz CT molecular complexity index is 1610. The van der Waals surface area contributed by atoms with Gasteiger partial charge < -0.3 is 16.0 Å². The number of para-hydroxylation sites is 2. The molecule has 8 nitrogen and oxygen atoms in total. The van der Waals surface area contributed by atoms with E-state index in [-0.39, 0.29) is 17.3 Å². The Labute approximate surface area is 209 Å². The van der Waals surface area contributed by atoms with Gasteiger partial charge >= 0.3 is 0 Å². The SMILES string of the molecule is Cc1cc(C)cc(NC(=O)c2c(N)n(/N=C\c3ccc(N(C)C)cc3)c3nc4ccccc4nc23)c1. The molecule has 36 heavy (non-hydrogen) atoms. The number of carbonyl (C=O) groups is 1. The van der Waals surface area contributed by atoms with Gasteiger partial charge in [0, 0.05) is 25.5 Å². The molecule has 0 radical (unpaired) electrons. The van der Waals surface area contributed by atoms with Gasteiger partial charge in [-0.2, -0.15) is 9.78 Å². The second-order valence-electron chi connectivity index (χ2n) is 9.02. The van der Waals surface area contributed by atoms with Gasteiger partial charge in [0.25, 0.3) is 5.91 Å². The van der Waals surface area contributed by atoms with Gasteiger partial charge in [0.2, 0.25) is 0 Å². The van der Waals surface area contributed by atoms with E-state index in [1.807, 2.05) is 99.6 Å². The van der Waals surface area contributed by atoms with E-state index < -0.39 is 0 Å². The molecule has 0 fully saturated rings. The summed E-state index contributed by atoms with van der Waals surface area (Å²) in [6.45, 7) is 3.97. The smallest absolute Gasteiger partial charge is 0.261 e. The van der Waals surface area contributed by atoms with Crippen LogP contribution in [-0.2, 0) is 0 Å². The molecular weight excluding hydrogens is 450 g/mol. The van der Waals surface area contributed by atoms with Gasteiger partial charge in [0.05, 0.1) is 17.2 Å². The van der Waals surface area contributed by atoms with Crippen LogP contribution >= 0.6 is 0 Å². The molecule has 0 aliphatic carbocycles. The number of rotatable bonds is 5. The van der Waals surface area contributed by atoms with Gasteiger partial charge in [-0.05, 0) is 66.9 Å². The number of fused-ring (bicyclic) bond motifs is 2. The summed E-state index contributed by atoms with van der Waals surface area (Å²) in [4.78, 5) is 25.0. The van der Waals surface area contributed by atoms with Gasteiger partial charge in [0.1, 0.15) is 16.9 Å². The number of hydrogen-bond donors (Lipinski definition) is 2. The molecule has 2 aromatic heterocycles. The number of nitrogens with two attached hydrogens (primary N) is 1. The molecule has 1 amide bonds. The Hall–Kier alpha value is -4.72. The molecule has 3 N–H and O–H groups in total. The number of carbonyl (C=O) groups excluding carboxylic acids is 1. The molecule has 8 heteroatoms. The third-order valence-electron chi connectivity index (χ3n) is 5.91. The summed E-state index contributed by atoms with van der Waals surface area (Å²) in [6.07, 6.45) is 1.69. The molecule has 5 aromatic rings. The lowest BCUT2D eigenvalue weighted by molar-refractivity contribution is 0.102. The third kappa shape index (κ3) is 4.36. The van der Waals surface area contributed by atoms with E-state index in [0.717, 1.165) is 22.4 Å². The van der Waals surface area contributed by atoms with Gasteiger partial charge in [0.15, 0.2) is 5.65 Å².